The minimum atomic E-state index is -0.296. The molecule has 0 unspecified atom stereocenters. The Morgan fingerprint density at radius 3 is 2.36 bits per heavy atom. The zero-order chi connectivity index (χ0) is 17.5. The molecule has 0 radical (unpaired) electrons. The first-order chi connectivity index (χ1) is 12.2. The normalized spacial score (nSPS) is 10.3. The maximum atomic E-state index is 11.9. The Balaban J connectivity index is 1.49. The number of anilines is 1. The number of carbonyl (C=O) groups excluding carboxylic acids is 1. The van der Waals surface area contributed by atoms with Gasteiger partial charge in [-0.2, -0.15) is 0 Å². The molecule has 0 aliphatic heterocycles. The molecule has 2 amide bonds. The number of hydrogen-bond acceptors (Lipinski definition) is 3. The largest absolute Gasteiger partial charge is 0.338 e. The van der Waals surface area contributed by atoms with Crippen LogP contribution < -0.4 is 10.6 Å². The van der Waals surface area contributed by atoms with Crippen LogP contribution in [0.15, 0.2) is 67.0 Å². The molecule has 0 spiro atoms. The lowest BCUT2D eigenvalue weighted by atomic mass is 10.2. The van der Waals surface area contributed by atoms with Crippen LogP contribution in [-0.4, -0.2) is 22.5 Å². The second-order valence-corrected chi connectivity index (χ2v) is 5.80. The fraction of sp³-hybridized carbons (Fsp3) is 0.105. The van der Waals surface area contributed by atoms with Gasteiger partial charge in [0, 0.05) is 24.5 Å². The van der Waals surface area contributed by atoms with Crippen LogP contribution in [0.5, 0.6) is 0 Å². The van der Waals surface area contributed by atoms with Crippen LogP contribution in [0.25, 0.3) is 11.4 Å². The number of nitrogens with one attached hydrogen (secondary N) is 2. The van der Waals surface area contributed by atoms with E-state index in [0.29, 0.717) is 29.5 Å². The number of amides is 2. The van der Waals surface area contributed by atoms with Crippen LogP contribution in [0, 0.1) is 0 Å². The summed E-state index contributed by atoms with van der Waals surface area (Å²) in [7, 11) is 0. The third-order valence-corrected chi connectivity index (χ3v) is 3.89. The predicted octanol–water partition coefficient (Wildman–Crippen LogP) is 4.16. The Labute approximate surface area is 151 Å². The number of hydrogen-bond donors (Lipinski definition) is 2. The third kappa shape index (κ3) is 4.78. The number of rotatable bonds is 5. The lowest BCUT2D eigenvalue weighted by Gasteiger charge is -2.09. The van der Waals surface area contributed by atoms with E-state index in [0.717, 1.165) is 11.1 Å². The highest BCUT2D eigenvalue weighted by molar-refractivity contribution is 6.33. The molecule has 2 aromatic carbocycles. The predicted molar refractivity (Wildman–Crippen MR) is 99.6 cm³/mol. The molecule has 6 heteroatoms. The van der Waals surface area contributed by atoms with Crippen molar-refractivity contribution in [3.05, 3.63) is 77.6 Å². The van der Waals surface area contributed by atoms with Crippen molar-refractivity contribution in [3.63, 3.8) is 0 Å². The third-order valence-electron chi connectivity index (χ3n) is 3.56. The van der Waals surface area contributed by atoms with Gasteiger partial charge in [-0.25, -0.2) is 14.8 Å². The average Bonchev–Trinajstić information content (AvgIpc) is 2.65. The van der Waals surface area contributed by atoms with Gasteiger partial charge < -0.3 is 10.6 Å². The van der Waals surface area contributed by atoms with Crippen molar-refractivity contribution < 1.29 is 4.79 Å². The Bertz CT molecular complexity index is 838. The van der Waals surface area contributed by atoms with Crippen molar-refractivity contribution in [3.8, 4) is 11.4 Å². The highest BCUT2D eigenvalue weighted by Crippen LogP contribution is 2.20. The van der Waals surface area contributed by atoms with Gasteiger partial charge in [-0.05, 0) is 24.1 Å². The fourth-order valence-corrected chi connectivity index (χ4v) is 2.45. The SMILES string of the molecule is O=C(NCCc1cnc(-c2ccccc2)nc1)Nc1ccccc1Cl. The van der Waals surface area contributed by atoms with Gasteiger partial charge in [-0.3, -0.25) is 0 Å². The monoisotopic (exact) mass is 352 g/mol. The maximum Gasteiger partial charge on any atom is 0.319 e. The number of benzene rings is 2. The standard InChI is InChI=1S/C19H17ClN4O/c20-16-8-4-5-9-17(16)24-19(25)21-11-10-14-12-22-18(23-13-14)15-6-2-1-3-7-15/h1-9,12-13H,10-11H2,(H2,21,24,25). The summed E-state index contributed by atoms with van der Waals surface area (Å²) in [6.07, 6.45) is 4.21. The van der Waals surface area contributed by atoms with Gasteiger partial charge in [-0.1, -0.05) is 54.1 Å². The first-order valence-corrected chi connectivity index (χ1v) is 8.26. The summed E-state index contributed by atoms with van der Waals surface area (Å²) in [5.74, 6) is 0.689. The van der Waals surface area contributed by atoms with E-state index < -0.39 is 0 Å². The molecule has 0 fully saturated rings. The van der Waals surface area contributed by atoms with Gasteiger partial charge >= 0.3 is 6.03 Å². The zero-order valence-electron chi connectivity index (χ0n) is 13.4. The van der Waals surface area contributed by atoms with Gasteiger partial charge in [0.1, 0.15) is 0 Å². The van der Waals surface area contributed by atoms with Crippen LogP contribution >= 0.6 is 11.6 Å². The summed E-state index contributed by atoms with van der Waals surface area (Å²) < 4.78 is 0. The molecular formula is C19H17ClN4O. The summed E-state index contributed by atoms with van der Waals surface area (Å²) in [4.78, 5) is 20.6. The lowest BCUT2D eigenvalue weighted by Crippen LogP contribution is -2.30. The molecule has 1 aromatic heterocycles. The molecular weight excluding hydrogens is 336 g/mol. The van der Waals surface area contributed by atoms with E-state index in [2.05, 4.69) is 20.6 Å². The number of para-hydroxylation sites is 1. The molecule has 0 aliphatic rings. The van der Waals surface area contributed by atoms with Gasteiger partial charge in [0.2, 0.25) is 0 Å². The lowest BCUT2D eigenvalue weighted by molar-refractivity contribution is 0.252. The minimum Gasteiger partial charge on any atom is -0.338 e. The molecule has 0 saturated heterocycles. The van der Waals surface area contributed by atoms with E-state index in [1.807, 2.05) is 42.5 Å². The molecule has 1 heterocycles. The molecule has 0 atom stereocenters. The fourth-order valence-electron chi connectivity index (χ4n) is 2.27. The molecule has 25 heavy (non-hydrogen) atoms. The quantitative estimate of drug-likeness (QED) is 0.724. The van der Waals surface area contributed by atoms with E-state index in [4.69, 9.17) is 11.6 Å². The Morgan fingerprint density at radius 1 is 0.960 bits per heavy atom. The number of halogens is 1. The molecule has 5 nitrogen and oxygen atoms in total. The van der Waals surface area contributed by atoms with Crippen LogP contribution in [0.4, 0.5) is 10.5 Å². The van der Waals surface area contributed by atoms with Crippen molar-refractivity contribution in [2.45, 2.75) is 6.42 Å². The van der Waals surface area contributed by atoms with Crippen molar-refractivity contribution >= 4 is 23.3 Å². The maximum absolute atomic E-state index is 11.9. The minimum absolute atomic E-state index is 0.296. The van der Waals surface area contributed by atoms with Crippen LogP contribution in [0.2, 0.25) is 5.02 Å². The van der Waals surface area contributed by atoms with E-state index in [1.165, 1.54) is 0 Å². The summed E-state index contributed by atoms with van der Waals surface area (Å²) in [6, 6.07) is 16.6. The van der Waals surface area contributed by atoms with Gasteiger partial charge in [0.05, 0.1) is 10.7 Å². The first kappa shape index (κ1) is 16.9. The number of carbonyl (C=O) groups is 1. The molecule has 0 aliphatic carbocycles. The summed E-state index contributed by atoms with van der Waals surface area (Å²) in [5, 5.41) is 6.01. The highest BCUT2D eigenvalue weighted by Gasteiger charge is 2.05. The van der Waals surface area contributed by atoms with Crippen LogP contribution in [0.3, 0.4) is 0 Å². The second-order valence-electron chi connectivity index (χ2n) is 5.39. The average molecular weight is 353 g/mol. The molecule has 2 N–H and O–H groups in total. The summed E-state index contributed by atoms with van der Waals surface area (Å²) in [6.45, 7) is 0.477. The van der Waals surface area contributed by atoms with Gasteiger partial charge in [-0.15, -0.1) is 0 Å². The Morgan fingerprint density at radius 2 is 1.64 bits per heavy atom. The molecule has 3 aromatic rings. The molecule has 3 rings (SSSR count). The van der Waals surface area contributed by atoms with Crippen LogP contribution in [0.1, 0.15) is 5.56 Å². The van der Waals surface area contributed by atoms with Crippen molar-refractivity contribution in [2.75, 3.05) is 11.9 Å². The van der Waals surface area contributed by atoms with Gasteiger partial charge in [0.15, 0.2) is 5.82 Å². The Hall–Kier alpha value is -2.92. The number of aromatic nitrogens is 2. The van der Waals surface area contributed by atoms with E-state index >= 15 is 0 Å². The van der Waals surface area contributed by atoms with E-state index in [1.54, 1.807) is 24.5 Å². The first-order valence-electron chi connectivity index (χ1n) is 7.88. The Kier molecular flexibility index (Phi) is 5.59. The van der Waals surface area contributed by atoms with Crippen molar-refractivity contribution in [2.24, 2.45) is 0 Å². The zero-order valence-corrected chi connectivity index (χ0v) is 14.2. The summed E-state index contributed by atoms with van der Waals surface area (Å²) in [5.41, 5.74) is 2.52. The summed E-state index contributed by atoms with van der Waals surface area (Å²) >= 11 is 6.00. The molecule has 0 saturated carbocycles. The topological polar surface area (TPSA) is 66.9 Å². The second kappa shape index (κ2) is 8.26. The van der Waals surface area contributed by atoms with Crippen molar-refractivity contribution in [1.82, 2.24) is 15.3 Å². The molecule has 0 bridgehead atoms. The van der Waals surface area contributed by atoms with E-state index in [9.17, 15) is 4.79 Å². The van der Waals surface area contributed by atoms with Crippen molar-refractivity contribution in [1.29, 1.82) is 0 Å². The molecule has 126 valence electrons. The number of urea groups is 1. The number of nitrogens with zero attached hydrogens (tertiary/aromatic N) is 2. The highest BCUT2D eigenvalue weighted by atomic mass is 35.5. The smallest absolute Gasteiger partial charge is 0.319 e. The van der Waals surface area contributed by atoms with Crippen LogP contribution in [-0.2, 0) is 6.42 Å². The van der Waals surface area contributed by atoms with Gasteiger partial charge in [0.25, 0.3) is 0 Å². The van der Waals surface area contributed by atoms with E-state index in [-0.39, 0.29) is 6.03 Å².